The Morgan fingerprint density at radius 1 is 1.37 bits per heavy atom. The molecule has 1 heterocycles. The zero-order valence-electron chi connectivity index (χ0n) is 11.3. The number of benzene rings is 1. The highest BCUT2D eigenvalue weighted by Crippen LogP contribution is 2.37. The summed E-state index contributed by atoms with van der Waals surface area (Å²) in [6, 6.07) is 10.8. The van der Waals surface area contributed by atoms with Crippen molar-refractivity contribution in [3.63, 3.8) is 0 Å². The summed E-state index contributed by atoms with van der Waals surface area (Å²) in [5.74, 6) is 1.03. The molecule has 0 aliphatic heterocycles. The Kier molecular flexibility index (Phi) is 3.30. The summed E-state index contributed by atoms with van der Waals surface area (Å²) in [5.41, 5.74) is 9.57. The summed E-state index contributed by atoms with van der Waals surface area (Å²) in [6.45, 7) is 4.10. The quantitative estimate of drug-likeness (QED) is 0.853. The van der Waals surface area contributed by atoms with Crippen LogP contribution in [0.25, 0.3) is 0 Å². The number of fused-ring (bicyclic) bond motifs is 1. The molecule has 0 bridgehead atoms. The Labute approximate surface area is 114 Å². The Hall–Kier alpha value is -1.74. The Morgan fingerprint density at radius 3 is 3.00 bits per heavy atom. The zero-order chi connectivity index (χ0) is 13.2. The molecule has 1 aromatic carbocycles. The molecule has 1 aliphatic carbocycles. The third-order valence-corrected chi connectivity index (χ3v) is 4.00. The van der Waals surface area contributed by atoms with Gasteiger partial charge in [-0.2, -0.15) is 0 Å². The van der Waals surface area contributed by atoms with E-state index in [1.165, 1.54) is 17.5 Å². The van der Waals surface area contributed by atoms with Crippen LogP contribution in [0.4, 0.5) is 5.69 Å². The number of furan rings is 1. The predicted molar refractivity (Wildman–Crippen MR) is 76.7 cm³/mol. The molecule has 3 heteroatoms. The standard InChI is InChI=1S/C16H20N2O/c1-2-18(11-14-4-3-9-19-14)16-8-5-12-10-13(17)6-7-15(12)16/h3-4,6-7,9-10,16H,2,5,8,11,17H2,1H3. The van der Waals surface area contributed by atoms with Gasteiger partial charge in [0.05, 0.1) is 12.8 Å². The van der Waals surface area contributed by atoms with Gasteiger partial charge < -0.3 is 10.2 Å². The molecule has 0 spiro atoms. The monoisotopic (exact) mass is 256 g/mol. The van der Waals surface area contributed by atoms with Crippen molar-refractivity contribution >= 4 is 5.69 Å². The maximum atomic E-state index is 5.87. The minimum atomic E-state index is 0.491. The van der Waals surface area contributed by atoms with E-state index < -0.39 is 0 Å². The topological polar surface area (TPSA) is 42.4 Å². The first kappa shape index (κ1) is 12.3. The number of hydrogen-bond acceptors (Lipinski definition) is 3. The summed E-state index contributed by atoms with van der Waals surface area (Å²) in [5, 5.41) is 0. The van der Waals surface area contributed by atoms with Crippen molar-refractivity contribution in [1.82, 2.24) is 4.90 Å². The Morgan fingerprint density at radius 2 is 2.26 bits per heavy atom. The lowest BCUT2D eigenvalue weighted by Crippen LogP contribution is -2.26. The van der Waals surface area contributed by atoms with Crippen molar-refractivity contribution in [3.8, 4) is 0 Å². The molecular formula is C16H20N2O. The molecule has 0 radical (unpaired) electrons. The van der Waals surface area contributed by atoms with E-state index in [0.717, 1.165) is 31.0 Å². The third kappa shape index (κ3) is 2.38. The first-order valence-electron chi connectivity index (χ1n) is 6.92. The average Bonchev–Trinajstić information content (AvgIpc) is 3.04. The smallest absolute Gasteiger partial charge is 0.117 e. The van der Waals surface area contributed by atoms with Gasteiger partial charge in [-0.15, -0.1) is 0 Å². The van der Waals surface area contributed by atoms with E-state index >= 15 is 0 Å². The SMILES string of the molecule is CCN(Cc1ccco1)C1CCc2cc(N)ccc21. The highest BCUT2D eigenvalue weighted by atomic mass is 16.3. The second-order valence-corrected chi connectivity index (χ2v) is 5.16. The van der Waals surface area contributed by atoms with Crippen LogP contribution in [0, 0.1) is 0 Å². The Balaban J connectivity index is 1.82. The molecule has 1 aliphatic rings. The van der Waals surface area contributed by atoms with Gasteiger partial charge >= 0.3 is 0 Å². The van der Waals surface area contributed by atoms with Gasteiger partial charge in [-0.05, 0) is 54.8 Å². The van der Waals surface area contributed by atoms with Crippen LogP contribution >= 0.6 is 0 Å². The van der Waals surface area contributed by atoms with Crippen molar-refractivity contribution in [3.05, 3.63) is 53.5 Å². The highest BCUT2D eigenvalue weighted by molar-refractivity contribution is 5.47. The summed E-state index contributed by atoms with van der Waals surface area (Å²) in [4.78, 5) is 2.47. The van der Waals surface area contributed by atoms with Crippen molar-refractivity contribution in [1.29, 1.82) is 0 Å². The minimum absolute atomic E-state index is 0.491. The summed E-state index contributed by atoms with van der Waals surface area (Å²) >= 11 is 0. The lowest BCUT2D eigenvalue weighted by molar-refractivity contribution is 0.183. The number of anilines is 1. The molecule has 2 N–H and O–H groups in total. The van der Waals surface area contributed by atoms with Gasteiger partial charge in [-0.3, -0.25) is 4.90 Å². The van der Waals surface area contributed by atoms with Gasteiger partial charge in [0.1, 0.15) is 5.76 Å². The van der Waals surface area contributed by atoms with Crippen LogP contribution in [0.3, 0.4) is 0 Å². The summed E-state index contributed by atoms with van der Waals surface area (Å²) in [7, 11) is 0. The van der Waals surface area contributed by atoms with E-state index in [0.29, 0.717) is 6.04 Å². The Bertz CT molecular complexity index is 548. The molecule has 1 aromatic heterocycles. The third-order valence-electron chi connectivity index (χ3n) is 4.00. The molecule has 1 atom stereocenters. The fourth-order valence-electron chi connectivity index (χ4n) is 3.04. The molecule has 0 saturated carbocycles. The predicted octanol–water partition coefficient (Wildman–Crippen LogP) is 3.37. The van der Waals surface area contributed by atoms with Crippen LogP contribution in [0.5, 0.6) is 0 Å². The maximum absolute atomic E-state index is 5.87. The lowest BCUT2D eigenvalue weighted by atomic mass is 10.1. The first-order valence-corrected chi connectivity index (χ1v) is 6.92. The summed E-state index contributed by atoms with van der Waals surface area (Å²) < 4.78 is 5.47. The maximum Gasteiger partial charge on any atom is 0.117 e. The largest absolute Gasteiger partial charge is 0.468 e. The first-order chi connectivity index (χ1) is 9.28. The van der Waals surface area contributed by atoms with Crippen molar-refractivity contribution < 1.29 is 4.42 Å². The molecule has 2 aromatic rings. The van der Waals surface area contributed by atoms with Gasteiger partial charge in [0, 0.05) is 11.7 Å². The molecule has 0 fully saturated rings. The molecule has 1 unspecified atom stereocenters. The normalized spacial score (nSPS) is 17.9. The highest BCUT2D eigenvalue weighted by Gasteiger charge is 2.27. The number of hydrogen-bond donors (Lipinski definition) is 1. The van der Waals surface area contributed by atoms with Gasteiger partial charge in [0.25, 0.3) is 0 Å². The van der Waals surface area contributed by atoms with Gasteiger partial charge in [-0.25, -0.2) is 0 Å². The van der Waals surface area contributed by atoms with Crippen LogP contribution in [-0.4, -0.2) is 11.4 Å². The van der Waals surface area contributed by atoms with Crippen molar-refractivity contribution in [2.45, 2.75) is 32.4 Å². The lowest BCUT2D eigenvalue weighted by Gasteiger charge is -2.27. The number of nitrogens with zero attached hydrogens (tertiary/aromatic N) is 1. The zero-order valence-corrected chi connectivity index (χ0v) is 11.3. The fourth-order valence-corrected chi connectivity index (χ4v) is 3.04. The van der Waals surface area contributed by atoms with Gasteiger partial charge in [0.2, 0.25) is 0 Å². The molecule has 3 rings (SSSR count). The number of aryl methyl sites for hydroxylation is 1. The van der Waals surface area contributed by atoms with Crippen LogP contribution in [0.2, 0.25) is 0 Å². The number of nitrogen functional groups attached to an aromatic ring is 1. The van der Waals surface area contributed by atoms with E-state index in [2.05, 4.69) is 24.0 Å². The fraction of sp³-hybridized carbons (Fsp3) is 0.375. The van der Waals surface area contributed by atoms with Crippen LogP contribution in [0.15, 0.2) is 41.0 Å². The second-order valence-electron chi connectivity index (χ2n) is 5.16. The van der Waals surface area contributed by atoms with E-state index in [1.807, 2.05) is 18.2 Å². The van der Waals surface area contributed by atoms with E-state index in [1.54, 1.807) is 6.26 Å². The van der Waals surface area contributed by atoms with E-state index in [-0.39, 0.29) is 0 Å². The molecular weight excluding hydrogens is 236 g/mol. The molecule has 0 saturated heterocycles. The van der Waals surface area contributed by atoms with Gasteiger partial charge in [0.15, 0.2) is 0 Å². The van der Waals surface area contributed by atoms with Crippen molar-refractivity contribution in [2.24, 2.45) is 0 Å². The molecule has 0 amide bonds. The average molecular weight is 256 g/mol. The molecule has 100 valence electrons. The number of rotatable bonds is 4. The van der Waals surface area contributed by atoms with E-state index in [9.17, 15) is 0 Å². The molecule has 19 heavy (non-hydrogen) atoms. The van der Waals surface area contributed by atoms with Gasteiger partial charge in [-0.1, -0.05) is 13.0 Å². The van der Waals surface area contributed by atoms with Crippen LogP contribution in [0.1, 0.15) is 36.3 Å². The number of nitrogens with two attached hydrogens (primary N) is 1. The van der Waals surface area contributed by atoms with Crippen LogP contribution < -0.4 is 5.73 Å². The second kappa shape index (κ2) is 5.10. The van der Waals surface area contributed by atoms with Crippen LogP contribution in [-0.2, 0) is 13.0 Å². The van der Waals surface area contributed by atoms with Crippen molar-refractivity contribution in [2.75, 3.05) is 12.3 Å². The minimum Gasteiger partial charge on any atom is -0.468 e. The summed E-state index contributed by atoms with van der Waals surface area (Å²) in [6.07, 6.45) is 4.04. The molecule has 3 nitrogen and oxygen atoms in total. The van der Waals surface area contributed by atoms with E-state index in [4.69, 9.17) is 10.2 Å².